The summed E-state index contributed by atoms with van der Waals surface area (Å²) in [6, 6.07) is 6.10. The van der Waals surface area contributed by atoms with Crippen molar-refractivity contribution < 1.29 is 4.79 Å². The summed E-state index contributed by atoms with van der Waals surface area (Å²) in [5.41, 5.74) is 3.34. The third-order valence-corrected chi connectivity index (χ3v) is 4.45. The number of benzene rings is 1. The van der Waals surface area contributed by atoms with Gasteiger partial charge in [0, 0.05) is 30.9 Å². The molecule has 2 aliphatic heterocycles. The van der Waals surface area contributed by atoms with Gasteiger partial charge in [-0.3, -0.25) is 4.79 Å². The number of likely N-dealkylation sites (tertiary alicyclic amines) is 1. The van der Waals surface area contributed by atoms with Gasteiger partial charge in [0.1, 0.15) is 0 Å². The first-order valence-electron chi connectivity index (χ1n) is 7.44. The number of nitrogens with zero attached hydrogens (tertiary/aromatic N) is 1. The number of amides is 1. The molecule has 1 fully saturated rings. The van der Waals surface area contributed by atoms with E-state index in [2.05, 4.69) is 24.4 Å². The molecule has 1 N–H and O–H groups in total. The first-order valence-corrected chi connectivity index (χ1v) is 7.44. The highest BCUT2D eigenvalue weighted by Gasteiger charge is 2.24. The van der Waals surface area contributed by atoms with Gasteiger partial charge in [-0.2, -0.15) is 0 Å². The maximum Gasteiger partial charge on any atom is 0.253 e. The molecule has 0 radical (unpaired) electrons. The normalized spacial score (nSPS) is 20.9. The second kappa shape index (κ2) is 6.49. The number of anilines is 1. The Balaban J connectivity index is 0.00000147. The van der Waals surface area contributed by atoms with Gasteiger partial charge in [-0.15, -0.1) is 12.4 Å². The Morgan fingerprint density at radius 1 is 1.45 bits per heavy atom. The minimum atomic E-state index is 0. The second-order valence-electron chi connectivity index (χ2n) is 5.72. The molecule has 1 aromatic rings. The molecule has 4 heteroatoms. The topological polar surface area (TPSA) is 32.3 Å². The molecule has 0 aliphatic carbocycles. The highest BCUT2D eigenvalue weighted by Crippen LogP contribution is 2.25. The average Bonchev–Trinajstić information content (AvgIpc) is 2.94. The van der Waals surface area contributed by atoms with E-state index < -0.39 is 0 Å². The third-order valence-electron chi connectivity index (χ3n) is 4.45. The summed E-state index contributed by atoms with van der Waals surface area (Å²) in [6.45, 7) is 5.07. The van der Waals surface area contributed by atoms with E-state index in [1.165, 1.54) is 24.1 Å². The van der Waals surface area contributed by atoms with Crippen LogP contribution in [-0.2, 0) is 6.42 Å². The quantitative estimate of drug-likeness (QED) is 0.907. The lowest BCUT2D eigenvalue weighted by atomic mass is 9.95. The predicted molar refractivity (Wildman–Crippen MR) is 84.8 cm³/mol. The van der Waals surface area contributed by atoms with Crippen LogP contribution in [0.2, 0.25) is 0 Å². The second-order valence-corrected chi connectivity index (χ2v) is 5.72. The molecular formula is C16H23ClN2O. The van der Waals surface area contributed by atoms with Crippen LogP contribution in [0.25, 0.3) is 0 Å². The Hall–Kier alpha value is -1.22. The largest absolute Gasteiger partial charge is 0.384 e. The number of carbonyl (C=O) groups excluding carboxylic acids is 1. The fraction of sp³-hybridized carbons (Fsp3) is 0.562. The molecule has 1 aromatic carbocycles. The Morgan fingerprint density at radius 3 is 3.10 bits per heavy atom. The van der Waals surface area contributed by atoms with Crippen LogP contribution in [0, 0.1) is 5.92 Å². The molecule has 1 saturated heterocycles. The van der Waals surface area contributed by atoms with Crippen LogP contribution in [0.15, 0.2) is 18.2 Å². The number of halogens is 1. The van der Waals surface area contributed by atoms with Crippen LogP contribution < -0.4 is 5.32 Å². The molecule has 20 heavy (non-hydrogen) atoms. The molecule has 1 atom stereocenters. The zero-order chi connectivity index (χ0) is 13.2. The van der Waals surface area contributed by atoms with Gasteiger partial charge in [-0.1, -0.05) is 13.3 Å². The van der Waals surface area contributed by atoms with Crippen molar-refractivity contribution in [1.29, 1.82) is 0 Å². The van der Waals surface area contributed by atoms with E-state index >= 15 is 0 Å². The average molecular weight is 295 g/mol. The van der Waals surface area contributed by atoms with Crippen LogP contribution in [0.1, 0.15) is 42.1 Å². The van der Waals surface area contributed by atoms with E-state index in [0.717, 1.165) is 38.0 Å². The van der Waals surface area contributed by atoms with Crippen LogP contribution in [0.5, 0.6) is 0 Å². The summed E-state index contributed by atoms with van der Waals surface area (Å²) < 4.78 is 0. The molecule has 1 amide bonds. The van der Waals surface area contributed by atoms with Gasteiger partial charge in [0.05, 0.1) is 0 Å². The summed E-state index contributed by atoms with van der Waals surface area (Å²) in [7, 11) is 0. The molecule has 1 unspecified atom stereocenters. The van der Waals surface area contributed by atoms with E-state index in [4.69, 9.17) is 0 Å². The van der Waals surface area contributed by atoms with Crippen molar-refractivity contribution >= 4 is 24.0 Å². The lowest BCUT2D eigenvalue weighted by Gasteiger charge is -2.32. The highest BCUT2D eigenvalue weighted by molar-refractivity contribution is 5.95. The van der Waals surface area contributed by atoms with Crippen molar-refractivity contribution in [1.82, 2.24) is 4.90 Å². The van der Waals surface area contributed by atoms with Gasteiger partial charge in [0.15, 0.2) is 0 Å². The highest BCUT2D eigenvalue weighted by atomic mass is 35.5. The number of hydrogen-bond donors (Lipinski definition) is 1. The molecule has 3 rings (SSSR count). The van der Waals surface area contributed by atoms with Crippen molar-refractivity contribution in [2.75, 3.05) is 25.0 Å². The van der Waals surface area contributed by atoms with E-state index in [1.807, 2.05) is 11.0 Å². The van der Waals surface area contributed by atoms with E-state index in [0.29, 0.717) is 5.92 Å². The van der Waals surface area contributed by atoms with E-state index in [9.17, 15) is 4.79 Å². The molecule has 2 aliphatic rings. The molecule has 0 aromatic heterocycles. The van der Waals surface area contributed by atoms with Gasteiger partial charge in [-0.25, -0.2) is 0 Å². The Kier molecular flexibility index (Phi) is 4.92. The fourth-order valence-corrected chi connectivity index (χ4v) is 3.20. The first-order chi connectivity index (χ1) is 9.28. The summed E-state index contributed by atoms with van der Waals surface area (Å²) >= 11 is 0. The monoisotopic (exact) mass is 294 g/mol. The predicted octanol–water partition coefficient (Wildman–Crippen LogP) is 3.34. The van der Waals surface area contributed by atoms with Crippen molar-refractivity contribution in [3.05, 3.63) is 29.3 Å². The van der Waals surface area contributed by atoms with Crippen molar-refractivity contribution in [3.8, 4) is 0 Å². The van der Waals surface area contributed by atoms with Crippen molar-refractivity contribution in [3.63, 3.8) is 0 Å². The van der Waals surface area contributed by atoms with Gasteiger partial charge in [-0.05, 0) is 48.9 Å². The number of nitrogens with one attached hydrogen (secondary N) is 1. The minimum absolute atomic E-state index is 0. The SMILES string of the molecule is CCC1CCCN(C(=O)c2ccc3c(c2)CCN3)C1.Cl. The number of fused-ring (bicyclic) bond motifs is 1. The van der Waals surface area contributed by atoms with E-state index in [1.54, 1.807) is 0 Å². The van der Waals surface area contributed by atoms with Gasteiger partial charge >= 0.3 is 0 Å². The van der Waals surface area contributed by atoms with Crippen LogP contribution in [0.4, 0.5) is 5.69 Å². The minimum Gasteiger partial charge on any atom is -0.384 e. The van der Waals surface area contributed by atoms with Gasteiger partial charge in [0.2, 0.25) is 0 Å². The molecular weight excluding hydrogens is 272 g/mol. The smallest absolute Gasteiger partial charge is 0.253 e. The Labute approximate surface area is 127 Å². The Bertz CT molecular complexity index is 489. The molecule has 0 bridgehead atoms. The fourth-order valence-electron chi connectivity index (χ4n) is 3.20. The summed E-state index contributed by atoms with van der Waals surface area (Å²) in [5.74, 6) is 0.904. The lowest BCUT2D eigenvalue weighted by molar-refractivity contribution is 0.0671. The molecule has 2 heterocycles. The lowest BCUT2D eigenvalue weighted by Crippen LogP contribution is -2.39. The standard InChI is InChI=1S/C16H22N2O.ClH/c1-2-12-4-3-9-18(11-12)16(19)14-5-6-15-13(10-14)7-8-17-15;/h5-6,10,12,17H,2-4,7-9,11H2,1H3;1H. The number of carbonyl (C=O) groups is 1. The van der Waals surface area contributed by atoms with Crippen molar-refractivity contribution in [2.24, 2.45) is 5.92 Å². The molecule has 3 nitrogen and oxygen atoms in total. The molecule has 110 valence electrons. The third kappa shape index (κ3) is 2.93. The van der Waals surface area contributed by atoms with Crippen LogP contribution in [-0.4, -0.2) is 30.4 Å². The van der Waals surface area contributed by atoms with E-state index in [-0.39, 0.29) is 18.3 Å². The summed E-state index contributed by atoms with van der Waals surface area (Å²) in [5, 5.41) is 3.34. The summed E-state index contributed by atoms with van der Waals surface area (Å²) in [4.78, 5) is 14.6. The zero-order valence-electron chi connectivity index (χ0n) is 12.0. The number of piperidine rings is 1. The zero-order valence-corrected chi connectivity index (χ0v) is 12.8. The number of hydrogen-bond acceptors (Lipinski definition) is 2. The molecule has 0 spiro atoms. The van der Waals surface area contributed by atoms with Gasteiger partial charge in [0.25, 0.3) is 5.91 Å². The van der Waals surface area contributed by atoms with Crippen LogP contribution in [0.3, 0.4) is 0 Å². The summed E-state index contributed by atoms with van der Waals surface area (Å²) in [6.07, 6.45) is 4.64. The van der Waals surface area contributed by atoms with Crippen molar-refractivity contribution in [2.45, 2.75) is 32.6 Å². The number of rotatable bonds is 2. The Morgan fingerprint density at radius 2 is 2.30 bits per heavy atom. The maximum absolute atomic E-state index is 12.6. The van der Waals surface area contributed by atoms with Crippen LogP contribution >= 0.6 is 12.4 Å². The first kappa shape index (κ1) is 15.2. The maximum atomic E-state index is 12.6. The van der Waals surface area contributed by atoms with Gasteiger partial charge < -0.3 is 10.2 Å². The molecule has 0 saturated carbocycles.